The summed E-state index contributed by atoms with van der Waals surface area (Å²) in [6, 6.07) is 0. The third-order valence-corrected chi connectivity index (χ3v) is 0.777. The molecule has 0 bridgehead atoms. The van der Waals surface area contributed by atoms with Crippen molar-refractivity contribution in [2.24, 2.45) is 0 Å². The molecule has 0 aliphatic heterocycles. The fourth-order valence-electron chi connectivity index (χ4n) is 0.498. The molecular formula is C6H18B2O6. The number of rotatable bonds is 4. The van der Waals surface area contributed by atoms with Crippen LogP contribution in [0.25, 0.3) is 0 Å². The minimum atomic E-state index is -2.17. The second-order valence-electron chi connectivity index (χ2n) is 3.02. The highest BCUT2D eigenvalue weighted by Crippen LogP contribution is 1.96. The molecule has 0 heterocycles. The predicted octanol–water partition coefficient (Wildman–Crippen LogP) is -1.24. The topological polar surface area (TPSA) is 99.4 Å². The van der Waals surface area contributed by atoms with E-state index in [1.54, 1.807) is 0 Å². The van der Waals surface area contributed by atoms with Crippen molar-refractivity contribution in [2.45, 2.75) is 39.9 Å². The third kappa shape index (κ3) is 22.7. The predicted molar refractivity (Wildman–Crippen MR) is 52.8 cm³/mol. The van der Waals surface area contributed by atoms with Crippen molar-refractivity contribution in [3.8, 4) is 0 Å². The highest BCUT2D eigenvalue weighted by atomic mass is 16.7. The van der Waals surface area contributed by atoms with E-state index >= 15 is 0 Å². The maximum absolute atomic E-state index is 8.95. The van der Waals surface area contributed by atoms with E-state index in [4.69, 9.17) is 29.4 Å². The van der Waals surface area contributed by atoms with E-state index in [1.807, 2.05) is 27.7 Å². The molecule has 0 saturated heterocycles. The first kappa shape index (κ1) is 16.3. The molecule has 8 heteroatoms. The first-order valence-corrected chi connectivity index (χ1v) is 4.29. The van der Waals surface area contributed by atoms with Crippen molar-refractivity contribution in [1.29, 1.82) is 0 Å². The Labute approximate surface area is 84.8 Å². The highest BCUT2D eigenvalue weighted by Gasteiger charge is 2.18. The van der Waals surface area contributed by atoms with Crippen LogP contribution >= 0.6 is 0 Å². The Morgan fingerprint density at radius 1 is 0.786 bits per heavy atom. The van der Waals surface area contributed by atoms with Crippen LogP contribution in [-0.2, 0) is 9.31 Å². The van der Waals surface area contributed by atoms with Crippen molar-refractivity contribution in [2.75, 3.05) is 0 Å². The van der Waals surface area contributed by atoms with Crippen LogP contribution in [0, 0.1) is 0 Å². The Bertz CT molecular complexity index is 108. The first-order chi connectivity index (χ1) is 6.25. The minimum Gasteiger partial charge on any atom is -0.402 e. The molecule has 0 aliphatic carbocycles. The Kier molecular flexibility index (Phi) is 11.0. The summed E-state index contributed by atoms with van der Waals surface area (Å²) in [4.78, 5) is 0. The van der Waals surface area contributed by atoms with Gasteiger partial charge in [-0.3, -0.25) is 0 Å². The normalized spacial score (nSPS) is 9.86. The van der Waals surface area contributed by atoms with Gasteiger partial charge in [0.15, 0.2) is 0 Å². The Morgan fingerprint density at radius 3 is 1.14 bits per heavy atom. The smallest absolute Gasteiger partial charge is 0.402 e. The van der Waals surface area contributed by atoms with Gasteiger partial charge >= 0.3 is 14.6 Å². The Morgan fingerprint density at radius 2 is 1.00 bits per heavy atom. The molecule has 0 amide bonds. The molecule has 0 rings (SSSR count). The fourth-order valence-corrected chi connectivity index (χ4v) is 0.498. The summed E-state index contributed by atoms with van der Waals surface area (Å²) < 4.78 is 9.79. The van der Waals surface area contributed by atoms with Crippen molar-refractivity contribution in [1.82, 2.24) is 0 Å². The molecule has 0 aliphatic rings. The van der Waals surface area contributed by atoms with Crippen LogP contribution in [0.4, 0.5) is 0 Å². The van der Waals surface area contributed by atoms with E-state index < -0.39 is 14.6 Å². The molecule has 0 atom stereocenters. The van der Waals surface area contributed by atoms with Crippen LogP contribution in [-0.4, -0.2) is 46.9 Å². The van der Waals surface area contributed by atoms with Crippen LogP contribution < -0.4 is 0 Å². The van der Waals surface area contributed by atoms with E-state index in [9.17, 15) is 0 Å². The van der Waals surface area contributed by atoms with Crippen molar-refractivity contribution < 1.29 is 29.4 Å². The zero-order valence-electron chi connectivity index (χ0n) is 8.91. The van der Waals surface area contributed by atoms with E-state index in [0.29, 0.717) is 0 Å². The average molecular weight is 208 g/mol. The minimum absolute atomic E-state index is 0.00579. The summed E-state index contributed by atoms with van der Waals surface area (Å²) in [5.74, 6) is 0. The Balaban J connectivity index is 0. The molecule has 0 spiro atoms. The van der Waals surface area contributed by atoms with Gasteiger partial charge in [0.2, 0.25) is 0 Å². The van der Waals surface area contributed by atoms with Crippen LogP contribution in [0.15, 0.2) is 0 Å². The summed E-state index contributed by atoms with van der Waals surface area (Å²) in [5.41, 5.74) is 0. The van der Waals surface area contributed by atoms with Gasteiger partial charge in [-0.1, -0.05) is 0 Å². The Hall–Kier alpha value is -0.110. The van der Waals surface area contributed by atoms with Gasteiger partial charge < -0.3 is 29.4 Å². The number of hydrogen-bond donors (Lipinski definition) is 4. The lowest BCUT2D eigenvalue weighted by Crippen LogP contribution is -2.29. The zero-order valence-corrected chi connectivity index (χ0v) is 8.91. The summed E-state index contributed by atoms with van der Waals surface area (Å²) in [7, 11) is -3.25. The van der Waals surface area contributed by atoms with Gasteiger partial charge in [-0.25, -0.2) is 0 Å². The van der Waals surface area contributed by atoms with Crippen molar-refractivity contribution in [3.63, 3.8) is 0 Å². The van der Waals surface area contributed by atoms with Crippen molar-refractivity contribution in [3.05, 3.63) is 0 Å². The maximum Gasteiger partial charge on any atom is 0.637 e. The summed E-state index contributed by atoms with van der Waals surface area (Å²) in [6.45, 7) is 7.36. The standard InChI is InChI=1S/C6H15BO3.BH3O3/c1-5(2)9-7(8)10-6(3)4;2-1(3)4/h5-6,8H,1-4H3;2-4H. The average Bonchev–Trinajstić information content (AvgIpc) is 1.79. The molecule has 84 valence electrons. The maximum atomic E-state index is 8.95. The lowest BCUT2D eigenvalue weighted by atomic mass is 10.2. The first-order valence-electron chi connectivity index (χ1n) is 4.29. The largest absolute Gasteiger partial charge is 0.637 e. The van der Waals surface area contributed by atoms with Crippen LogP contribution in [0.3, 0.4) is 0 Å². The molecule has 0 aromatic heterocycles. The quantitative estimate of drug-likeness (QED) is 0.431. The molecule has 6 nitrogen and oxygen atoms in total. The zero-order chi connectivity index (χ0) is 11.7. The summed E-state index contributed by atoms with van der Waals surface area (Å²) >= 11 is 0. The van der Waals surface area contributed by atoms with Crippen molar-refractivity contribution >= 4 is 14.6 Å². The molecule has 0 unspecified atom stereocenters. The van der Waals surface area contributed by atoms with Gasteiger partial charge in [-0.05, 0) is 27.7 Å². The highest BCUT2D eigenvalue weighted by molar-refractivity contribution is 6.34. The molecule has 0 radical (unpaired) electrons. The van der Waals surface area contributed by atoms with Gasteiger partial charge in [-0.2, -0.15) is 0 Å². The van der Waals surface area contributed by atoms with Gasteiger partial charge in [0.1, 0.15) is 0 Å². The monoisotopic (exact) mass is 208 g/mol. The summed E-state index contributed by atoms with van der Waals surface area (Å²) in [5, 5.41) is 30.4. The van der Waals surface area contributed by atoms with Crippen LogP contribution in [0.1, 0.15) is 27.7 Å². The van der Waals surface area contributed by atoms with E-state index in [0.717, 1.165) is 0 Å². The fraction of sp³-hybridized carbons (Fsp3) is 1.00. The van der Waals surface area contributed by atoms with E-state index in [1.165, 1.54) is 0 Å². The van der Waals surface area contributed by atoms with Gasteiger partial charge in [0.05, 0.1) is 0 Å². The lowest BCUT2D eigenvalue weighted by Gasteiger charge is -2.13. The van der Waals surface area contributed by atoms with Gasteiger partial charge in [-0.15, -0.1) is 0 Å². The van der Waals surface area contributed by atoms with Crippen LogP contribution in [0.2, 0.25) is 0 Å². The second kappa shape index (κ2) is 9.45. The molecule has 0 aromatic carbocycles. The van der Waals surface area contributed by atoms with E-state index in [-0.39, 0.29) is 12.2 Å². The summed E-state index contributed by atoms with van der Waals surface area (Å²) in [6.07, 6.45) is -0.0116. The second-order valence-corrected chi connectivity index (χ2v) is 3.02. The molecule has 0 saturated carbocycles. The third-order valence-electron chi connectivity index (χ3n) is 0.777. The molecule has 14 heavy (non-hydrogen) atoms. The molecule has 0 aromatic rings. The molecule has 4 N–H and O–H groups in total. The molecular weight excluding hydrogens is 190 g/mol. The van der Waals surface area contributed by atoms with E-state index in [2.05, 4.69) is 0 Å². The van der Waals surface area contributed by atoms with Crippen LogP contribution in [0.5, 0.6) is 0 Å². The van der Waals surface area contributed by atoms with Gasteiger partial charge in [0, 0.05) is 12.2 Å². The van der Waals surface area contributed by atoms with Gasteiger partial charge in [0.25, 0.3) is 0 Å². The lowest BCUT2D eigenvalue weighted by molar-refractivity contribution is 0.0790. The molecule has 0 fully saturated rings. The number of hydrogen-bond acceptors (Lipinski definition) is 6. The SMILES string of the molecule is CC(C)OB(O)OC(C)C.OB(O)O.